The smallest absolute Gasteiger partial charge is 0.411 e. The third kappa shape index (κ3) is 6.09. The van der Waals surface area contributed by atoms with Gasteiger partial charge >= 0.3 is 6.18 Å². The molecule has 1 rings (SSSR count). The van der Waals surface area contributed by atoms with Crippen molar-refractivity contribution in [3.63, 3.8) is 0 Å². The summed E-state index contributed by atoms with van der Waals surface area (Å²) >= 11 is 5.91. The highest BCUT2D eigenvalue weighted by Crippen LogP contribution is 2.26. The van der Waals surface area contributed by atoms with Crippen LogP contribution in [-0.2, 0) is 4.74 Å². The number of oxime groups is 1. The number of nitrogens with two attached hydrogens (primary N) is 1. The average molecular weight is 327 g/mol. The first-order chi connectivity index (χ1) is 9.85. The van der Waals surface area contributed by atoms with E-state index in [1.807, 2.05) is 0 Å². The molecule has 1 aromatic carbocycles. The van der Waals surface area contributed by atoms with Gasteiger partial charge in [0.2, 0.25) is 0 Å². The fourth-order valence-electron chi connectivity index (χ4n) is 1.45. The quantitative estimate of drug-likeness (QED) is 0.265. The zero-order valence-corrected chi connectivity index (χ0v) is 11.6. The summed E-state index contributed by atoms with van der Waals surface area (Å²) in [4.78, 5) is 0. The highest BCUT2D eigenvalue weighted by Gasteiger charge is 2.27. The van der Waals surface area contributed by atoms with Gasteiger partial charge in [-0.2, -0.15) is 13.2 Å². The molecule has 0 aromatic heterocycles. The summed E-state index contributed by atoms with van der Waals surface area (Å²) in [6, 6.07) is 4.69. The van der Waals surface area contributed by atoms with E-state index in [-0.39, 0.29) is 41.8 Å². The van der Waals surface area contributed by atoms with Gasteiger partial charge in [-0.25, -0.2) is 0 Å². The van der Waals surface area contributed by atoms with E-state index in [2.05, 4.69) is 9.89 Å². The van der Waals surface area contributed by atoms with Crippen LogP contribution in [0.1, 0.15) is 12.0 Å². The van der Waals surface area contributed by atoms with Crippen molar-refractivity contribution in [2.75, 3.05) is 19.8 Å². The van der Waals surface area contributed by atoms with Crippen molar-refractivity contribution in [2.24, 2.45) is 10.9 Å². The van der Waals surface area contributed by atoms with Crippen LogP contribution in [0.15, 0.2) is 23.4 Å². The van der Waals surface area contributed by atoms with Crippen molar-refractivity contribution >= 4 is 17.4 Å². The molecular formula is C12H14ClF3N2O3. The molecule has 0 aliphatic rings. The molecule has 5 nitrogen and oxygen atoms in total. The molecule has 0 fully saturated rings. The molecule has 0 aliphatic heterocycles. The second kappa shape index (κ2) is 7.94. The van der Waals surface area contributed by atoms with Gasteiger partial charge in [0.05, 0.1) is 23.8 Å². The van der Waals surface area contributed by atoms with Crippen molar-refractivity contribution in [1.29, 1.82) is 0 Å². The van der Waals surface area contributed by atoms with Crippen LogP contribution < -0.4 is 10.5 Å². The molecule has 0 atom stereocenters. The Bertz CT molecular complexity index is 495. The van der Waals surface area contributed by atoms with Crippen molar-refractivity contribution in [2.45, 2.75) is 12.6 Å². The molecule has 9 heteroatoms. The second-order valence-corrected chi connectivity index (χ2v) is 4.38. The Morgan fingerprint density at radius 1 is 1.33 bits per heavy atom. The number of hydrogen-bond donors (Lipinski definition) is 2. The molecule has 0 aliphatic carbocycles. The largest absolute Gasteiger partial charge is 0.493 e. The Kier molecular flexibility index (Phi) is 6.57. The molecule has 3 N–H and O–H groups in total. The van der Waals surface area contributed by atoms with Gasteiger partial charge in [0.25, 0.3) is 0 Å². The van der Waals surface area contributed by atoms with E-state index in [0.29, 0.717) is 0 Å². The van der Waals surface area contributed by atoms with Crippen molar-refractivity contribution in [3.8, 4) is 5.75 Å². The van der Waals surface area contributed by atoms with E-state index in [1.54, 1.807) is 12.1 Å². The molecule has 0 bridgehead atoms. The van der Waals surface area contributed by atoms with Gasteiger partial charge in [-0.05, 0) is 12.1 Å². The van der Waals surface area contributed by atoms with Crippen LogP contribution in [0, 0.1) is 0 Å². The summed E-state index contributed by atoms with van der Waals surface area (Å²) in [7, 11) is 0. The molecule has 0 amide bonds. The summed E-state index contributed by atoms with van der Waals surface area (Å²) < 4.78 is 45.3. The van der Waals surface area contributed by atoms with E-state index in [1.165, 1.54) is 6.07 Å². The second-order valence-electron chi connectivity index (χ2n) is 3.97. The Hall–Kier alpha value is -1.67. The van der Waals surface area contributed by atoms with Crippen LogP contribution in [0.3, 0.4) is 0 Å². The summed E-state index contributed by atoms with van der Waals surface area (Å²) in [5.41, 5.74) is 5.70. The van der Waals surface area contributed by atoms with Gasteiger partial charge in [0, 0.05) is 6.42 Å². The number of ether oxygens (including phenoxy) is 2. The highest BCUT2D eigenvalue weighted by atomic mass is 35.5. The molecule has 1 aromatic rings. The van der Waals surface area contributed by atoms with E-state index in [9.17, 15) is 13.2 Å². The first-order valence-corrected chi connectivity index (χ1v) is 6.26. The molecule has 0 heterocycles. The first kappa shape index (κ1) is 17.4. The minimum atomic E-state index is -4.34. The van der Waals surface area contributed by atoms with Crippen LogP contribution in [0.25, 0.3) is 0 Å². The van der Waals surface area contributed by atoms with Crippen molar-refractivity contribution < 1.29 is 27.9 Å². The van der Waals surface area contributed by atoms with E-state index in [4.69, 9.17) is 27.3 Å². The van der Waals surface area contributed by atoms with Crippen LogP contribution in [0.4, 0.5) is 13.2 Å². The van der Waals surface area contributed by atoms with Gasteiger partial charge in [-0.1, -0.05) is 22.8 Å². The number of rotatable bonds is 7. The third-order valence-corrected chi connectivity index (χ3v) is 2.61. The van der Waals surface area contributed by atoms with Crippen LogP contribution in [0.5, 0.6) is 5.75 Å². The molecule has 0 radical (unpaired) electrons. The van der Waals surface area contributed by atoms with E-state index < -0.39 is 12.8 Å². The molecule has 0 spiro atoms. The van der Waals surface area contributed by atoms with Crippen LogP contribution in [0.2, 0.25) is 5.02 Å². The van der Waals surface area contributed by atoms with Crippen molar-refractivity contribution in [1.82, 2.24) is 0 Å². The van der Waals surface area contributed by atoms with E-state index in [0.717, 1.165) is 0 Å². The normalized spacial score (nSPS) is 12.5. The topological polar surface area (TPSA) is 77.1 Å². The predicted molar refractivity (Wildman–Crippen MR) is 70.9 cm³/mol. The maximum absolute atomic E-state index is 11.8. The summed E-state index contributed by atoms with van der Waals surface area (Å²) in [6.45, 7) is -1.29. The lowest BCUT2D eigenvalue weighted by Crippen LogP contribution is -2.18. The number of alkyl halides is 3. The van der Waals surface area contributed by atoms with Crippen molar-refractivity contribution in [3.05, 3.63) is 28.8 Å². The Labute approximate surface area is 124 Å². The fourth-order valence-corrected chi connectivity index (χ4v) is 1.72. The van der Waals surface area contributed by atoms with Gasteiger partial charge in [0.1, 0.15) is 12.4 Å². The summed E-state index contributed by atoms with van der Waals surface area (Å²) in [5, 5.41) is 11.8. The molecule has 118 valence electrons. The predicted octanol–water partition coefficient (Wildman–Crippen LogP) is 2.78. The Morgan fingerprint density at radius 3 is 2.67 bits per heavy atom. The van der Waals surface area contributed by atoms with Gasteiger partial charge in [-0.3, -0.25) is 0 Å². The van der Waals surface area contributed by atoms with Crippen LogP contribution >= 0.6 is 11.6 Å². The maximum Gasteiger partial charge on any atom is 0.411 e. The monoisotopic (exact) mass is 326 g/mol. The molecule has 0 saturated heterocycles. The zero-order chi connectivity index (χ0) is 15.9. The molecular weight excluding hydrogens is 313 g/mol. The molecule has 0 unspecified atom stereocenters. The Balaban J connectivity index is 2.48. The summed E-state index contributed by atoms with van der Waals surface area (Å²) in [5.74, 6) is 0.0533. The fraction of sp³-hybridized carbons (Fsp3) is 0.417. The zero-order valence-electron chi connectivity index (χ0n) is 10.9. The lowest BCUT2D eigenvalue weighted by atomic mass is 10.2. The minimum absolute atomic E-state index is 0.0982. The number of hydrogen-bond acceptors (Lipinski definition) is 4. The summed E-state index contributed by atoms with van der Waals surface area (Å²) in [6.07, 6.45) is -4.09. The minimum Gasteiger partial charge on any atom is -0.493 e. The maximum atomic E-state index is 11.8. The first-order valence-electron chi connectivity index (χ1n) is 5.89. The molecule has 0 saturated carbocycles. The van der Waals surface area contributed by atoms with Crippen LogP contribution in [-0.4, -0.2) is 37.0 Å². The molecule has 21 heavy (non-hydrogen) atoms. The average Bonchev–Trinajstić information content (AvgIpc) is 2.41. The highest BCUT2D eigenvalue weighted by molar-refractivity contribution is 6.34. The Morgan fingerprint density at radius 2 is 2.05 bits per heavy atom. The van der Waals surface area contributed by atoms with E-state index >= 15 is 0 Å². The van der Waals surface area contributed by atoms with Gasteiger partial charge in [0.15, 0.2) is 5.84 Å². The third-order valence-electron chi connectivity index (χ3n) is 2.30. The van der Waals surface area contributed by atoms with Gasteiger partial charge < -0.3 is 20.4 Å². The number of halogens is 4. The SMILES string of the molecule is N/C(=N/O)c1c(Cl)cccc1OCCCOCC(F)(F)F. The lowest BCUT2D eigenvalue weighted by molar-refractivity contribution is -0.174. The van der Waals surface area contributed by atoms with Gasteiger partial charge in [-0.15, -0.1) is 0 Å². The number of nitrogens with zero attached hydrogens (tertiary/aromatic N) is 1. The standard InChI is InChI=1S/C12H14ClF3N2O3/c13-8-3-1-4-9(10(8)11(17)18-19)21-6-2-5-20-7-12(14,15)16/h1,3-4,19H,2,5-7H2,(H2,17,18). The number of amidine groups is 1. The number of benzene rings is 1. The lowest BCUT2D eigenvalue weighted by Gasteiger charge is -2.12.